The summed E-state index contributed by atoms with van der Waals surface area (Å²) in [7, 11) is -3.65. The molecule has 2 aromatic rings. The topological polar surface area (TPSA) is 55.4 Å². The predicted molar refractivity (Wildman–Crippen MR) is 88.2 cm³/mol. The van der Waals surface area contributed by atoms with Crippen molar-refractivity contribution in [3.05, 3.63) is 65.5 Å². The smallest absolute Gasteiger partial charge is 0.216 e. The highest BCUT2D eigenvalue weighted by molar-refractivity contribution is 7.88. The van der Waals surface area contributed by atoms with Crippen LogP contribution in [0.25, 0.3) is 0 Å². The summed E-state index contributed by atoms with van der Waals surface area (Å²) in [4.78, 5) is 0. The number of halogens is 1. The zero-order chi connectivity index (χ0) is 16.9. The summed E-state index contributed by atoms with van der Waals surface area (Å²) in [6, 6.07) is 12.6. The first-order valence-corrected chi connectivity index (χ1v) is 9.02. The standard InChI is InChI=1S/C17H20FNO3S/c1-3-22-16-10-8-14(9-11-16)13(2)19-23(20,21)12-15-6-4-5-7-17(15)18/h4-11,13,19H,3,12H2,1-2H3/t13-/m1/s1. The molecule has 4 nitrogen and oxygen atoms in total. The SMILES string of the molecule is CCOc1ccc([C@@H](C)NS(=O)(=O)Cc2ccccc2F)cc1. The molecule has 0 saturated heterocycles. The van der Waals surface area contributed by atoms with Gasteiger partial charge in [-0.3, -0.25) is 0 Å². The van der Waals surface area contributed by atoms with Gasteiger partial charge in [0.15, 0.2) is 0 Å². The summed E-state index contributed by atoms with van der Waals surface area (Å²) in [6.07, 6.45) is 0. The molecule has 0 radical (unpaired) electrons. The molecular weight excluding hydrogens is 317 g/mol. The largest absolute Gasteiger partial charge is 0.494 e. The summed E-state index contributed by atoms with van der Waals surface area (Å²) in [5, 5.41) is 0. The maximum atomic E-state index is 13.6. The maximum Gasteiger partial charge on any atom is 0.216 e. The molecule has 0 aromatic heterocycles. The van der Waals surface area contributed by atoms with E-state index in [4.69, 9.17) is 4.74 Å². The van der Waals surface area contributed by atoms with Crippen molar-refractivity contribution < 1.29 is 17.5 Å². The van der Waals surface area contributed by atoms with Crippen molar-refractivity contribution in [3.63, 3.8) is 0 Å². The molecule has 0 aliphatic rings. The van der Waals surface area contributed by atoms with Crippen molar-refractivity contribution in [1.82, 2.24) is 4.72 Å². The highest BCUT2D eigenvalue weighted by Gasteiger charge is 2.18. The van der Waals surface area contributed by atoms with E-state index in [2.05, 4.69) is 4.72 Å². The maximum absolute atomic E-state index is 13.6. The van der Waals surface area contributed by atoms with Gasteiger partial charge in [-0.05, 0) is 37.6 Å². The minimum Gasteiger partial charge on any atom is -0.494 e. The van der Waals surface area contributed by atoms with Crippen LogP contribution in [-0.2, 0) is 15.8 Å². The molecule has 0 aliphatic carbocycles. The highest BCUT2D eigenvalue weighted by atomic mass is 32.2. The van der Waals surface area contributed by atoms with E-state index in [1.807, 2.05) is 6.92 Å². The highest BCUT2D eigenvalue weighted by Crippen LogP contribution is 2.19. The van der Waals surface area contributed by atoms with Crippen molar-refractivity contribution >= 4 is 10.0 Å². The van der Waals surface area contributed by atoms with Gasteiger partial charge >= 0.3 is 0 Å². The van der Waals surface area contributed by atoms with E-state index in [0.29, 0.717) is 6.61 Å². The van der Waals surface area contributed by atoms with Crippen molar-refractivity contribution in [2.75, 3.05) is 6.61 Å². The second kappa shape index (κ2) is 7.57. The Bertz CT molecular complexity index is 745. The first-order chi connectivity index (χ1) is 10.9. The van der Waals surface area contributed by atoms with Crippen molar-refractivity contribution in [2.45, 2.75) is 25.6 Å². The number of nitrogens with one attached hydrogen (secondary N) is 1. The summed E-state index contributed by atoms with van der Waals surface area (Å²) in [5.74, 6) is -0.176. The van der Waals surface area contributed by atoms with Gasteiger partial charge in [0.05, 0.1) is 12.4 Å². The van der Waals surface area contributed by atoms with Crippen LogP contribution in [-0.4, -0.2) is 15.0 Å². The second-order valence-electron chi connectivity index (χ2n) is 5.19. The van der Waals surface area contributed by atoms with E-state index in [9.17, 15) is 12.8 Å². The van der Waals surface area contributed by atoms with E-state index < -0.39 is 21.9 Å². The minimum atomic E-state index is -3.65. The molecule has 0 heterocycles. The van der Waals surface area contributed by atoms with Gasteiger partial charge in [-0.25, -0.2) is 17.5 Å². The van der Waals surface area contributed by atoms with Crippen LogP contribution < -0.4 is 9.46 Å². The van der Waals surface area contributed by atoms with Gasteiger partial charge in [0.1, 0.15) is 11.6 Å². The molecule has 1 atom stereocenters. The minimum absolute atomic E-state index is 0.152. The van der Waals surface area contributed by atoms with Crippen LogP contribution in [0.3, 0.4) is 0 Å². The van der Waals surface area contributed by atoms with E-state index >= 15 is 0 Å². The molecule has 6 heteroatoms. The Balaban J connectivity index is 2.06. The monoisotopic (exact) mass is 337 g/mol. The first-order valence-electron chi connectivity index (χ1n) is 7.37. The van der Waals surface area contributed by atoms with Gasteiger partial charge in [-0.2, -0.15) is 0 Å². The van der Waals surface area contributed by atoms with Gasteiger partial charge in [0.25, 0.3) is 0 Å². The van der Waals surface area contributed by atoms with Gasteiger partial charge < -0.3 is 4.74 Å². The van der Waals surface area contributed by atoms with Crippen molar-refractivity contribution in [1.29, 1.82) is 0 Å². The lowest BCUT2D eigenvalue weighted by Gasteiger charge is -2.15. The summed E-state index contributed by atoms with van der Waals surface area (Å²) in [5.41, 5.74) is 0.962. The zero-order valence-corrected chi connectivity index (χ0v) is 13.9. The third-order valence-corrected chi connectivity index (χ3v) is 4.75. The van der Waals surface area contributed by atoms with Crippen LogP contribution in [0.2, 0.25) is 0 Å². The normalized spacial score (nSPS) is 12.8. The fraction of sp³-hybridized carbons (Fsp3) is 0.294. The number of benzene rings is 2. The molecule has 0 bridgehead atoms. The third kappa shape index (κ3) is 5.04. The molecule has 0 unspecified atom stereocenters. The summed E-state index contributed by atoms with van der Waals surface area (Å²) < 4.78 is 45.9. The molecule has 2 aromatic carbocycles. The average Bonchev–Trinajstić information content (AvgIpc) is 2.50. The lowest BCUT2D eigenvalue weighted by Crippen LogP contribution is -2.28. The van der Waals surface area contributed by atoms with Crippen molar-refractivity contribution in [3.8, 4) is 5.75 Å². The zero-order valence-electron chi connectivity index (χ0n) is 13.1. The number of hydrogen-bond acceptors (Lipinski definition) is 3. The number of ether oxygens (including phenoxy) is 1. The Hall–Kier alpha value is -1.92. The van der Waals surface area contributed by atoms with Crippen molar-refractivity contribution in [2.24, 2.45) is 0 Å². The van der Waals surface area contributed by atoms with Gasteiger partial charge in [0.2, 0.25) is 10.0 Å². The molecule has 0 fully saturated rings. The number of hydrogen-bond donors (Lipinski definition) is 1. The molecule has 23 heavy (non-hydrogen) atoms. The third-order valence-electron chi connectivity index (χ3n) is 3.35. The average molecular weight is 337 g/mol. The molecule has 2 rings (SSSR count). The van der Waals surface area contributed by atoms with E-state index in [1.165, 1.54) is 18.2 Å². The van der Waals surface area contributed by atoms with Crippen LogP contribution in [0.5, 0.6) is 5.75 Å². The van der Waals surface area contributed by atoms with E-state index in [-0.39, 0.29) is 11.3 Å². The van der Waals surface area contributed by atoms with Crippen LogP contribution in [0.4, 0.5) is 4.39 Å². The fourth-order valence-electron chi connectivity index (χ4n) is 2.22. The molecule has 0 saturated carbocycles. The van der Waals surface area contributed by atoms with Crippen LogP contribution in [0.1, 0.15) is 31.0 Å². The van der Waals surface area contributed by atoms with Crippen LogP contribution >= 0.6 is 0 Å². The second-order valence-corrected chi connectivity index (χ2v) is 6.95. The van der Waals surface area contributed by atoms with Gasteiger partial charge in [-0.15, -0.1) is 0 Å². The lowest BCUT2D eigenvalue weighted by atomic mass is 10.1. The number of rotatable bonds is 7. The van der Waals surface area contributed by atoms with Gasteiger partial charge in [-0.1, -0.05) is 30.3 Å². The quantitative estimate of drug-likeness (QED) is 0.842. The molecule has 124 valence electrons. The summed E-state index contributed by atoms with van der Waals surface area (Å²) in [6.45, 7) is 4.21. The van der Waals surface area contributed by atoms with Crippen LogP contribution in [0.15, 0.2) is 48.5 Å². The first kappa shape index (κ1) is 17.4. The molecule has 0 amide bonds. The molecular formula is C17H20FNO3S. The molecule has 0 aliphatic heterocycles. The predicted octanol–water partition coefficient (Wildman–Crippen LogP) is 3.41. The van der Waals surface area contributed by atoms with E-state index in [0.717, 1.165) is 11.3 Å². The Morgan fingerprint density at radius 2 is 1.78 bits per heavy atom. The van der Waals surface area contributed by atoms with E-state index in [1.54, 1.807) is 37.3 Å². The molecule has 1 N–H and O–H groups in total. The summed E-state index contributed by atoms with van der Waals surface area (Å²) >= 11 is 0. The Morgan fingerprint density at radius 1 is 1.13 bits per heavy atom. The van der Waals surface area contributed by atoms with Gasteiger partial charge in [0, 0.05) is 11.6 Å². The van der Waals surface area contributed by atoms with Crippen LogP contribution in [0, 0.1) is 5.82 Å². The number of sulfonamides is 1. The Morgan fingerprint density at radius 3 is 2.39 bits per heavy atom. The molecule has 0 spiro atoms. The fourth-order valence-corrected chi connectivity index (χ4v) is 3.62. The Labute approximate surface area is 136 Å². The lowest BCUT2D eigenvalue weighted by molar-refractivity contribution is 0.340. The Kier molecular flexibility index (Phi) is 5.74.